The maximum Gasteiger partial charge on any atom is 0.276 e. The Bertz CT molecular complexity index is 771. The van der Waals surface area contributed by atoms with E-state index in [1.807, 2.05) is 0 Å². The van der Waals surface area contributed by atoms with Crippen LogP contribution in [0, 0.1) is 0 Å². The normalized spacial score (nSPS) is 28.3. The van der Waals surface area contributed by atoms with Gasteiger partial charge in [0, 0.05) is 19.3 Å². The summed E-state index contributed by atoms with van der Waals surface area (Å²) in [5.74, 6) is -1.68. The number of hydrogen-bond donors (Lipinski definition) is 2. The molecular formula is C15H17N3O5. The third kappa shape index (κ3) is 1.91. The van der Waals surface area contributed by atoms with E-state index >= 15 is 0 Å². The first-order valence-electron chi connectivity index (χ1n) is 7.68. The highest BCUT2D eigenvalue weighted by molar-refractivity contribution is 5.99. The van der Waals surface area contributed by atoms with Crippen molar-refractivity contribution < 1.29 is 19.4 Å². The number of fused-ring (bicyclic) bond motifs is 5. The molecule has 1 aromatic heterocycles. The van der Waals surface area contributed by atoms with Gasteiger partial charge < -0.3 is 24.6 Å². The fraction of sp³-hybridized carbons (Fsp3) is 0.533. The van der Waals surface area contributed by atoms with Crippen LogP contribution >= 0.6 is 0 Å². The number of carbonyl (C=O) groups is 2. The molecule has 23 heavy (non-hydrogen) atoms. The minimum atomic E-state index is -0.829. The van der Waals surface area contributed by atoms with E-state index in [4.69, 9.17) is 4.74 Å². The van der Waals surface area contributed by atoms with Crippen LogP contribution in [0.4, 0.5) is 0 Å². The van der Waals surface area contributed by atoms with E-state index in [1.165, 1.54) is 17.8 Å². The maximum atomic E-state index is 12.8. The molecule has 2 bridgehead atoms. The van der Waals surface area contributed by atoms with Gasteiger partial charge in [-0.1, -0.05) is 0 Å². The smallest absolute Gasteiger partial charge is 0.276 e. The predicted octanol–water partition coefficient (Wildman–Crippen LogP) is -0.353. The first-order valence-corrected chi connectivity index (χ1v) is 7.68. The number of amides is 2. The number of ether oxygens (including phenoxy) is 1. The molecule has 4 rings (SSSR count). The molecule has 8 nitrogen and oxygen atoms in total. The number of hydrogen-bond acceptors (Lipinski definition) is 5. The van der Waals surface area contributed by atoms with Crippen molar-refractivity contribution in [1.29, 1.82) is 0 Å². The van der Waals surface area contributed by atoms with Crippen molar-refractivity contribution >= 4 is 11.8 Å². The molecule has 8 heteroatoms. The van der Waals surface area contributed by atoms with Crippen LogP contribution in [0.5, 0.6) is 5.75 Å². The van der Waals surface area contributed by atoms with Gasteiger partial charge in [0.25, 0.3) is 11.8 Å². The van der Waals surface area contributed by atoms with Crippen molar-refractivity contribution in [2.45, 2.75) is 44.2 Å². The quantitative estimate of drug-likeness (QED) is 0.736. The Labute approximate surface area is 131 Å². The van der Waals surface area contributed by atoms with Gasteiger partial charge in [-0.2, -0.15) is 0 Å². The number of nitrogens with zero attached hydrogens (tertiary/aromatic N) is 2. The summed E-state index contributed by atoms with van der Waals surface area (Å²) in [6, 6.07) is 0.0909. The van der Waals surface area contributed by atoms with Crippen LogP contribution in [0.1, 0.15) is 40.1 Å². The van der Waals surface area contributed by atoms with E-state index in [9.17, 15) is 19.5 Å². The average Bonchev–Trinajstić information content (AvgIpc) is 2.91. The SMILES string of the molecule is CNC(=O)c1cn2c(c(O)c1=O)C(=O)N1[C@H]3CC[C@H](C3)O[C@@H]1C2. The fourth-order valence-corrected chi connectivity index (χ4v) is 3.85. The largest absolute Gasteiger partial charge is 0.503 e. The minimum absolute atomic E-state index is 0.0622. The summed E-state index contributed by atoms with van der Waals surface area (Å²) in [6.45, 7) is 0.298. The first kappa shape index (κ1) is 14.3. The molecule has 1 aliphatic carbocycles. The van der Waals surface area contributed by atoms with E-state index in [-0.39, 0.29) is 23.4 Å². The lowest BCUT2D eigenvalue weighted by Crippen LogP contribution is -2.57. The predicted molar refractivity (Wildman–Crippen MR) is 78.2 cm³/mol. The second-order valence-electron chi connectivity index (χ2n) is 6.19. The van der Waals surface area contributed by atoms with Gasteiger partial charge in [0.05, 0.1) is 12.6 Å². The summed E-state index contributed by atoms with van der Waals surface area (Å²) in [7, 11) is 1.40. The van der Waals surface area contributed by atoms with E-state index in [1.54, 1.807) is 4.90 Å². The number of aromatic nitrogens is 1. The van der Waals surface area contributed by atoms with Crippen LogP contribution in [0.25, 0.3) is 0 Å². The van der Waals surface area contributed by atoms with Gasteiger partial charge in [0.15, 0.2) is 17.7 Å². The molecule has 2 amide bonds. The Morgan fingerprint density at radius 2 is 2.17 bits per heavy atom. The zero-order chi connectivity index (χ0) is 16.3. The highest BCUT2D eigenvalue weighted by Gasteiger charge is 2.47. The number of nitrogens with one attached hydrogen (secondary N) is 1. The summed E-state index contributed by atoms with van der Waals surface area (Å²) in [5, 5.41) is 12.6. The molecule has 1 saturated carbocycles. The second kappa shape index (κ2) is 4.82. The summed E-state index contributed by atoms with van der Waals surface area (Å²) in [5.41, 5.74) is -1.08. The lowest BCUT2D eigenvalue weighted by molar-refractivity contribution is -0.132. The van der Waals surface area contributed by atoms with Gasteiger partial charge in [-0.05, 0) is 19.3 Å². The Morgan fingerprint density at radius 1 is 1.39 bits per heavy atom. The molecular weight excluding hydrogens is 302 g/mol. The summed E-state index contributed by atoms with van der Waals surface area (Å²) in [4.78, 5) is 38.4. The zero-order valence-corrected chi connectivity index (χ0v) is 12.6. The molecule has 0 spiro atoms. The van der Waals surface area contributed by atoms with Crippen LogP contribution in [0.15, 0.2) is 11.0 Å². The van der Waals surface area contributed by atoms with Gasteiger partial charge in [-0.25, -0.2) is 0 Å². The van der Waals surface area contributed by atoms with E-state index in [0.717, 1.165) is 19.3 Å². The molecule has 2 N–H and O–H groups in total. The van der Waals surface area contributed by atoms with Crippen molar-refractivity contribution in [2.24, 2.45) is 0 Å². The molecule has 1 aromatic rings. The molecule has 2 aliphatic heterocycles. The van der Waals surface area contributed by atoms with Gasteiger partial charge in [0.2, 0.25) is 5.43 Å². The fourth-order valence-electron chi connectivity index (χ4n) is 3.85. The minimum Gasteiger partial charge on any atom is -0.503 e. The molecule has 3 atom stereocenters. The molecule has 3 heterocycles. The molecule has 0 radical (unpaired) electrons. The number of rotatable bonds is 1. The number of pyridine rings is 1. The molecule has 1 saturated heterocycles. The second-order valence-corrected chi connectivity index (χ2v) is 6.19. The Morgan fingerprint density at radius 3 is 2.91 bits per heavy atom. The third-order valence-electron chi connectivity index (χ3n) is 4.93. The summed E-state index contributed by atoms with van der Waals surface area (Å²) < 4.78 is 7.38. The summed E-state index contributed by atoms with van der Waals surface area (Å²) >= 11 is 0. The van der Waals surface area contributed by atoms with Crippen LogP contribution in [-0.4, -0.2) is 51.8 Å². The van der Waals surface area contributed by atoms with Gasteiger partial charge in [-0.15, -0.1) is 0 Å². The van der Waals surface area contributed by atoms with Gasteiger partial charge in [0.1, 0.15) is 5.56 Å². The Balaban J connectivity index is 1.84. The van der Waals surface area contributed by atoms with Crippen LogP contribution < -0.4 is 10.7 Å². The molecule has 2 fully saturated rings. The van der Waals surface area contributed by atoms with E-state index in [2.05, 4.69) is 5.32 Å². The van der Waals surface area contributed by atoms with Gasteiger partial charge >= 0.3 is 0 Å². The Hall–Kier alpha value is -2.35. The third-order valence-corrected chi connectivity index (χ3v) is 4.93. The highest BCUT2D eigenvalue weighted by Crippen LogP contribution is 2.38. The van der Waals surface area contributed by atoms with Crippen molar-refractivity contribution in [3.8, 4) is 5.75 Å². The average molecular weight is 319 g/mol. The lowest BCUT2D eigenvalue weighted by Gasteiger charge is -2.44. The molecule has 0 unspecified atom stereocenters. The van der Waals surface area contributed by atoms with Crippen LogP contribution in [0.3, 0.4) is 0 Å². The van der Waals surface area contributed by atoms with E-state index in [0.29, 0.717) is 6.54 Å². The van der Waals surface area contributed by atoms with Crippen molar-refractivity contribution in [1.82, 2.24) is 14.8 Å². The van der Waals surface area contributed by atoms with Crippen molar-refractivity contribution in [3.63, 3.8) is 0 Å². The molecule has 122 valence electrons. The lowest BCUT2D eigenvalue weighted by atomic mass is 10.1. The Kier molecular flexibility index (Phi) is 2.99. The first-order chi connectivity index (χ1) is 11.0. The van der Waals surface area contributed by atoms with Gasteiger partial charge in [-0.3, -0.25) is 14.4 Å². The molecule has 0 aromatic carbocycles. The summed E-state index contributed by atoms with van der Waals surface area (Å²) in [6.07, 6.45) is 3.64. The zero-order valence-electron chi connectivity index (χ0n) is 12.6. The van der Waals surface area contributed by atoms with Crippen LogP contribution in [-0.2, 0) is 11.3 Å². The van der Waals surface area contributed by atoms with Crippen LogP contribution in [0.2, 0.25) is 0 Å². The van der Waals surface area contributed by atoms with E-state index < -0.39 is 29.2 Å². The maximum absolute atomic E-state index is 12.8. The monoisotopic (exact) mass is 319 g/mol. The number of aromatic hydroxyl groups is 1. The molecule has 3 aliphatic rings. The van der Waals surface area contributed by atoms with Crippen molar-refractivity contribution in [2.75, 3.05) is 7.05 Å². The topological polar surface area (TPSA) is 101 Å². The number of carbonyl (C=O) groups excluding carboxylic acids is 2. The highest BCUT2D eigenvalue weighted by atomic mass is 16.5. The standard InChI is InChI=1S/C15H17N3O5/c1-16-14(21)9-5-17-6-10-18(7-2-3-8(4-7)23-10)15(22)11(17)13(20)12(9)19/h5,7-8,10,20H,2-4,6H2,1H3,(H,16,21)/t7-,8+,10+/m0/s1. The van der Waals surface area contributed by atoms with Crippen molar-refractivity contribution in [3.05, 3.63) is 27.7 Å².